The molecule has 0 unspecified atom stereocenters. The van der Waals surface area contributed by atoms with Gasteiger partial charge in [-0.15, -0.1) is 12.4 Å². The summed E-state index contributed by atoms with van der Waals surface area (Å²) in [6.45, 7) is 3.71. The Balaban J connectivity index is 0.00000200. The second kappa shape index (κ2) is 6.05. The molecule has 110 valence electrons. The molecule has 0 amide bonds. The number of nitrogens with one attached hydrogen (secondary N) is 1. The van der Waals surface area contributed by atoms with Crippen LogP contribution in [0, 0.1) is 0 Å². The van der Waals surface area contributed by atoms with Crippen LogP contribution in [-0.2, 0) is 10.0 Å². The molecule has 0 aliphatic rings. The maximum Gasteiger partial charge on any atom is 0.241 e. The number of halogens is 1. The topological polar surface area (TPSA) is 85.1 Å². The van der Waals surface area contributed by atoms with Crippen molar-refractivity contribution in [1.29, 1.82) is 0 Å². The summed E-state index contributed by atoms with van der Waals surface area (Å²) in [5, 5.41) is 1.44. The Morgan fingerprint density at radius 1 is 1.30 bits per heavy atom. The maximum atomic E-state index is 12.3. The zero-order chi connectivity index (χ0) is 14.1. The Kier molecular flexibility index (Phi) is 5.10. The Hall–Kier alpha value is -1.21. The van der Waals surface area contributed by atoms with Crippen molar-refractivity contribution in [3.05, 3.63) is 36.7 Å². The number of hydrogen-bond acceptors (Lipinski definition) is 4. The molecule has 3 N–H and O–H groups in total. The Morgan fingerprint density at radius 2 is 2.00 bits per heavy atom. The molecule has 5 nitrogen and oxygen atoms in total. The monoisotopic (exact) mass is 315 g/mol. The summed E-state index contributed by atoms with van der Waals surface area (Å²) in [5.41, 5.74) is 5.20. The summed E-state index contributed by atoms with van der Waals surface area (Å²) in [5.74, 6) is 0. The molecule has 20 heavy (non-hydrogen) atoms. The van der Waals surface area contributed by atoms with Crippen LogP contribution in [0.2, 0.25) is 0 Å². The van der Waals surface area contributed by atoms with E-state index in [0.29, 0.717) is 5.39 Å². The Labute approximate surface area is 125 Å². The normalized spacial score (nSPS) is 12.2. The average molecular weight is 316 g/mol. The van der Waals surface area contributed by atoms with Gasteiger partial charge in [0, 0.05) is 35.2 Å². The number of nitrogens with two attached hydrogens (primary N) is 1. The van der Waals surface area contributed by atoms with E-state index >= 15 is 0 Å². The van der Waals surface area contributed by atoms with Crippen molar-refractivity contribution < 1.29 is 8.42 Å². The van der Waals surface area contributed by atoms with Gasteiger partial charge in [-0.3, -0.25) is 4.98 Å². The highest BCUT2D eigenvalue weighted by Gasteiger charge is 2.20. The molecule has 0 fully saturated rings. The van der Waals surface area contributed by atoms with Gasteiger partial charge in [-0.2, -0.15) is 0 Å². The van der Waals surface area contributed by atoms with Gasteiger partial charge in [-0.25, -0.2) is 13.1 Å². The van der Waals surface area contributed by atoms with Gasteiger partial charge in [0.05, 0.1) is 4.90 Å². The molecule has 2 rings (SSSR count). The fraction of sp³-hybridized carbons (Fsp3) is 0.308. The van der Waals surface area contributed by atoms with Crippen LogP contribution in [0.1, 0.15) is 13.8 Å². The zero-order valence-electron chi connectivity index (χ0n) is 11.3. The summed E-state index contributed by atoms with van der Waals surface area (Å²) in [6.07, 6.45) is 3.22. The summed E-state index contributed by atoms with van der Waals surface area (Å²) >= 11 is 0. The minimum Gasteiger partial charge on any atom is -0.324 e. The van der Waals surface area contributed by atoms with Crippen LogP contribution in [0.3, 0.4) is 0 Å². The first-order valence-electron chi connectivity index (χ1n) is 5.91. The molecule has 7 heteroatoms. The van der Waals surface area contributed by atoms with Gasteiger partial charge in [-0.1, -0.05) is 12.1 Å². The molecule has 0 saturated heterocycles. The number of hydrogen-bond donors (Lipinski definition) is 2. The van der Waals surface area contributed by atoms with Crippen LogP contribution in [0.5, 0.6) is 0 Å². The van der Waals surface area contributed by atoms with E-state index in [9.17, 15) is 8.42 Å². The molecule has 0 atom stereocenters. The predicted molar refractivity (Wildman–Crippen MR) is 82.4 cm³/mol. The number of nitrogens with zero attached hydrogens (tertiary/aromatic N) is 1. The van der Waals surface area contributed by atoms with Gasteiger partial charge in [0.25, 0.3) is 0 Å². The van der Waals surface area contributed by atoms with Crippen molar-refractivity contribution in [2.75, 3.05) is 6.54 Å². The number of pyridine rings is 1. The van der Waals surface area contributed by atoms with Crippen LogP contribution in [0.4, 0.5) is 0 Å². The van der Waals surface area contributed by atoms with Crippen molar-refractivity contribution in [2.24, 2.45) is 5.73 Å². The van der Waals surface area contributed by atoms with Crippen molar-refractivity contribution in [2.45, 2.75) is 24.3 Å². The third kappa shape index (κ3) is 3.89. The van der Waals surface area contributed by atoms with Gasteiger partial charge in [-0.05, 0) is 26.0 Å². The summed E-state index contributed by atoms with van der Waals surface area (Å²) < 4.78 is 27.1. The molecule has 0 saturated carbocycles. The molecule has 1 heterocycles. The standard InChI is InChI=1S/C13H17N3O2S.ClH/c1-13(2,14)9-16-19(17,18)12-5-3-4-10-8-15-7-6-11(10)12;/h3-8,16H,9,14H2,1-2H3;1H. The average Bonchev–Trinajstić information content (AvgIpc) is 2.35. The molecule has 2 aromatic rings. The first-order valence-corrected chi connectivity index (χ1v) is 7.39. The lowest BCUT2D eigenvalue weighted by molar-refractivity contribution is 0.498. The minimum absolute atomic E-state index is 0. The largest absolute Gasteiger partial charge is 0.324 e. The lowest BCUT2D eigenvalue weighted by atomic mass is 10.1. The zero-order valence-corrected chi connectivity index (χ0v) is 13.0. The number of sulfonamides is 1. The SMILES string of the molecule is CC(C)(N)CNS(=O)(=O)c1cccc2cnccc12.Cl. The second-order valence-corrected chi connectivity index (χ2v) is 6.90. The maximum absolute atomic E-state index is 12.3. The van der Waals surface area contributed by atoms with Crippen LogP contribution in [-0.4, -0.2) is 25.5 Å². The van der Waals surface area contributed by atoms with Crippen molar-refractivity contribution in [3.8, 4) is 0 Å². The van der Waals surface area contributed by atoms with Crippen LogP contribution in [0.15, 0.2) is 41.6 Å². The van der Waals surface area contributed by atoms with Crippen LogP contribution >= 0.6 is 12.4 Å². The molecule has 0 spiro atoms. The fourth-order valence-corrected chi connectivity index (χ4v) is 3.14. The molecule has 1 aromatic carbocycles. The van der Waals surface area contributed by atoms with E-state index in [1.807, 2.05) is 6.07 Å². The van der Waals surface area contributed by atoms with Crippen molar-refractivity contribution in [3.63, 3.8) is 0 Å². The predicted octanol–water partition coefficient (Wildman–Crippen LogP) is 1.67. The highest BCUT2D eigenvalue weighted by atomic mass is 35.5. The van der Waals surface area contributed by atoms with Crippen LogP contribution < -0.4 is 10.5 Å². The van der Waals surface area contributed by atoms with E-state index in [2.05, 4.69) is 9.71 Å². The first kappa shape index (κ1) is 16.8. The summed E-state index contributed by atoms with van der Waals surface area (Å²) in [6, 6.07) is 6.80. The highest BCUT2D eigenvalue weighted by Crippen LogP contribution is 2.21. The number of aromatic nitrogens is 1. The smallest absolute Gasteiger partial charge is 0.241 e. The number of fused-ring (bicyclic) bond motifs is 1. The van der Waals surface area contributed by atoms with Gasteiger partial charge < -0.3 is 5.73 Å². The van der Waals surface area contributed by atoms with E-state index < -0.39 is 15.6 Å². The van der Waals surface area contributed by atoms with E-state index in [1.165, 1.54) is 0 Å². The fourth-order valence-electron chi connectivity index (χ4n) is 1.69. The second-order valence-electron chi connectivity index (χ2n) is 5.17. The van der Waals surface area contributed by atoms with Gasteiger partial charge >= 0.3 is 0 Å². The summed E-state index contributed by atoms with van der Waals surface area (Å²) in [4.78, 5) is 4.23. The Morgan fingerprint density at radius 3 is 2.65 bits per heavy atom. The van der Waals surface area contributed by atoms with E-state index in [4.69, 9.17) is 5.73 Å². The molecule has 1 aromatic heterocycles. The van der Waals surface area contributed by atoms with Gasteiger partial charge in [0.15, 0.2) is 0 Å². The molecule has 0 aliphatic carbocycles. The third-order valence-corrected chi connectivity index (χ3v) is 4.11. The molecular formula is C13H18ClN3O2S. The third-order valence-electron chi connectivity index (χ3n) is 2.65. The van der Waals surface area contributed by atoms with E-state index in [1.54, 1.807) is 44.4 Å². The molecule has 0 aliphatic heterocycles. The van der Waals surface area contributed by atoms with Crippen molar-refractivity contribution >= 4 is 33.2 Å². The number of benzene rings is 1. The lowest BCUT2D eigenvalue weighted by Gasteiger charge is -2.19. The molecule has 0 radical (unpaired) electrons. The highest BCUT2D eigenvalue weighted by molar-refractivity contribution is 7.89. The minimum atomic E-state index is -3.58. The summed E-state index contributed by atoms with van der Waals surface area (Å²) in [7, 11) is -3.58. The number of rotatable bonds is 4. The molecular weight excluding hydrogens is 298 g/mol. The Bertz CT molecular complexity index is 691. The quantitative estimate of drug-likeness (QED) is 0.898. The van der Waals surface area contributed by atoms with Crippen molar-refractivity contribution in [1.82, 2.24) is 9.71 Å². The lowest BCUT2D eigenvalue weighted by Crippen LogP contribution is -2.45. The van der Waals surface area contributed by atoms with Gasteiger partial charge in [0.2, 0.25) is 10.0 Å². The van der Waals surface area contributed by atoms with E-state index in [-0.39, 0.29) is 23.8 Å². The molecule has 0 bridgehead atoms. The van der Waals surface area contributed by atoms with Crippen LogP contribution in [0.25, 0.3) is 10.8 Å². The van der Waals surface area contributed by atoms with E-state index in [0.717, 1.165) is 5.39 Å². The first-order chi connectivity index (χ1) is 8.80. The van der Waals surface area contributed by atoms with Gasteiger partial charge in [0.1, 0.15) is 0 Å².